The second kappa shape index (κ2) is 10.5. The predicted molar refractivity (Wildman–Crippen MR) is 102 cm³/mol. The minimum atomic E-state index is -0.0758. The summed E-state index contributed by atoms with van der Waals surface area (Å²) in [4.78, 5) is 22.8. The van der Waals surface area contributed by atoms with E-state index in [1.54, 1.807) is 4.68 Å². The normalized spacial score (nSPS) is 15.8. The highest BCUT2D eigenvalue weighted by Crippen LogP contribution is 2.18. The first-order valence-corrected chi connectivity index (χ1v) is 8.18. The molecule has 1 aliphatic heterocycles. The molecule has 1 N–H and O–H groups in total. The summed E-state index contributed by atoms with van der Waals surface area (Å²) in [5.41, 5.74) is 0. The Morgan fingerprint density at radius 3 is 2.67 bits per heavy atom. The van der Waals surface area contributed by atoms with Crippen LogP contribution in [0, 0.1) is 5.92 Å². The number of esters is 1. The Morgan fingerprint density at radius 2 is 2.12 bits per heavy atom. The maximum atomic E-state index is 11.8. The number of hydrogen-bond donors (Lipinski definition) is 1. The quantitative estimate of drug-likeness (QED) is 0.314. The molecule has 0 unspecified atom stereocenters. The lowest BCUT2D eigenvalue weighted by Crippen LogP contribution is -2.46. The Hall–Kier alpha value is -1.39. The summed E-state index contributed by atoms with van der Waals surface area (Å²) < 4.78 is 6.84. The van der Waals surface area contributed by atoms with Crippen molar-refractivity contribution in [2.75, 3.05) is 26.2 Å². The molecule has 136 valence electrons. The fraction of sp³-hybridized carbons (Fsp3) is 0.733. The van der Waals surface area contributed by atoms with Gasteiger partial charge in [-0.25, -0.2) is 9.98 Å². The molecule has 9 heteroatoms. The number of ether oxygens (including phenoxy) is 1. The highest BCUT2D eigenvalue weighted by atomic mass is 127. The number of aliphatic imine (C=N–C) groups is 1. The monoisotopic (exact) mass is 450 g/mol. The minimum Gasteiger partial charge on any atom is -0.466 e. The van der Waals surface area contributed by atoms with Gasteiger partial charge in [0.15, 0.2) is 5.96 Å². The van der Waals surface area contributed by atoms with Gasteiger partial charge in [0.05, 0.1) is 12.5 Å². The first-order chi connectivity index (χ1) is 11.2. The molecular formula is C15H27IN6O2. The van der Waals surface area contributed by atoms with Gasteiger partial charge >= 0.3 is 5.97 Å². The van der Waals surface area contributed by atoms with Crippen LogP contribution in [-0.2, 0) is 23.1 Å². The summed E-state index contributed by atoms with van der Waals surface area (Å²) in [5.74, 6) is 1.61. The van der Waals surface area contributed by atoms with Crippen molar-refractivity contribution in [3.8, 4) is 0 Å². The third-order valence-electron chi connectivity index (χ3n) is 3.92. The van der Waals surface area contributed by atoms with Crippen LogP contribution in [0.5, 0.6) is 0 Å². The van der Waals surface area contributed by atoms with Crippen molar-refractivity contribution in [1.29, 1.82) is 0 Å². The van der Waals surface area contributed by atoms with Crippen molar-refractivity contribution in [3.63, 3.8) is 0 Å². The second-order valence-electron chi connectivity index (χ2n) is 5.48. The molecule has 0 aliphatic carbocycles. The molecule has 8 nitrogen and oxygen atoms in total. The first-order valence-electron chi connectivity index (χ1n) is 8.18. The largest absolute Gasteiger partial charge is 0.466 e. The molecule has 0 amide bonds. The number of hydrogen-bond acceptors (Lipinski definition) is 5. The summed E-state index contributed by atoms with van der Waals surface area (Å²) in [5, 5.41) is 7.36. The molecule has 0 saturated carbocycles. The van der Waals surface area contributed by atoms with Crippen molar-refractivity contribution in [1.82, 2.24) is 25.0 Å². The summed E-state index contributed by atoms with van der Waals surface area (Å²) in [6.07, 6.45) is 3.13. The maximum absolute atomic E-state index is 11.8. The van der Waals surface area contributed by atoms with Crippen LogP contribution in [-0.4, -0.2) is 57.8 Å². The topological polar surface area (TPSA) is 84.6 Å². The zero-order valence-electron chi connectivity index (χ0n) is 14.6. The lowest BCUT2D eigenvalue weighted by Gasteiger charge is -2.33. The van der Waals surface area contributed by atoms with Crippen LogP contribution in [0.4, 0.5) is 0 Å². The van der Waals surface area contributed by atoms with E-state index in [2.05, 4.69) is 25.3 Å². The number of rotatable bonds is 5. The number of guanidine groups is 1. The van der Waals surface area contributed by atoms with E-state index < -0.39 is 0 Å². The van der Waals surface area contributed by atoms with Crippen molar-refractivity contribution < 1.29 is 9.53 Å². The van der Waals surface area contributed by atoms with Crippen LogP contribution in [0.1, 0.15) is 32.5 Å². The Labute approximate surface area is 160 Å². The zero-order chi connectivity index (χ0) is 16.7. The van der Waals surface area contributed by atoms with Gasteiger partial charge in [-0.2, -0.15) is 5.10 Å². The van der Waals surface area contributed by atoms with Crippen LogP contribution < -0.4 is 5.32 Å². The van der Waals surface area contributed by atoms with E-state index in [1.165, 1.54) is 6.33 Å². The van der Waals surface area contributed by atoms with Gasteiger partial charge in [-0.15, -0.1) is 24.0 Å². The van der Waals surface area contributed by atoms with E-state index >= 15 is 0 Å². The van der Waals surface area contributed by atoms with Crippen LogP contribution in [0.15, 0.2) is 11.3 Å². The fourth-order valence-corrected chi connectivity index (χ4v) is 2.62. The second-order valence-corrected chi connectivity index (χ2v) is 5.48. The van der Waals surface area contributed by atoms with Crippen molar-refractivity contribution in [2.45, 2.75) is 33.2 Å². The summed E-state index contributed by atoms with van der Waals surface area (Å²) >= 11 is 0. The Balaban J connectivity index is 0.00000288. The number of nitrogens with one attached hydrogen (secondary N) is 1. The van der Waals surface area contributed by atoms with Crippen LogP contribution in [0.25, 0.3) is 0 Å². The molecule has 1 aliphatic rings. The molecule has 0 bridgehead atoms. The first kappa shape index (κ1) is 20.7. The SMILES string of the molecule is CCNC(=NCc1ncnn1C)N1CCC(C(=O)OCC)CC1.I. The number of carbonyl (C=O) groups is 1. The molecule has 0 atom stereocenters. The molecule has 0 spiro atoms. The molecule has 1 aromatic rings. The lowest BCUT2D eigenvalue weighted by atomic mass is 9.97. The van der Waals surface area contributed by atoms with Gasteiger partial charge in [0.1, 0.15) is 18.7 Å². The molecule has 0 radical (unpaired) electrons. The van der Waals surface area contributed by atoms with E-state index in [4.69, 9.17) is 4.74 Å². The van der Waals surface area contributed by atoms with Crippen LogP contribution >= 0.6 is 24.0 Å². The summed E-state index contributed by atoms with van der Waals surface area (Å²) in [7, 11) is 1.86. The zero-order valence-corrected chi connectivity index (χ0v) is 16.9. The Bertz CT molecular complexity index is 540. The van der Waals surface area contributed by atoms with E-state index in [0.717, 1.165) is 44.3 Å². The van der Waals surface area contributed by atoms with Crippen molar-refractivity contribution >= 4 is 35.9 Å². The summed E-state index contributed by atoms with van der Waals surface area (Å²) in [6, 6.07) is 0. The number of likely N-dealkylation sites (tertiary alicyclic amines) is 1. The number of piperidine rings is 1. The predicted octanol–water partition coefficient (Wildman–Crippen LogP) is 1.17. The molecule has 1 aromatic heterocycles. The average Bonchev–Trinajstić information content (AvgIpc) is 2.97. The van der Waals surface area contributed by atoms with E-state index in [0.29, 0.717) is 13.2 Å². The Kier molecular flexibility index (Phi) is 9.01. The van der Waals surface area contributed by atoms with Gasteiger partial charge in [0.25, 0.3) is 0 Å². The molecule has 0 aromatic carbocycles. The molecule has 1 fully saturated rings. The van der Waals surface area contributed by atoms with Crippen LogP contribution in [0.2, 0.25) is 0 Å². The number of carbonyl (C=O) groups excluding carboxylic acids is 1. The molecule has 2 rings (SSSR count). The van der Waals surface area contributed by atoms with Gasteiger partial charge < -0.3 is 15.0 Å². The van der Waals surface area contributed by atoms with E-state index in [1.807, 2.05) is 20.9 Å². The van der Waals surface area contributed by atoms with Gasteiger partial charge in [0, 0.05) is 26.7 Å². The molecule has 24 heavy (non-hydrogen) atoms. The number of nitrogens with zero attached hydrogens (tertiary/aromatic N) is 5. The number of halogens is 1. The van der Waals surface area contributed by atoms with Crippen molar-refractivity contribution in [2.24, 2.45) is 18.0 Å². The van der Waals surface area contributed by atoms with Gasteiger partial charge in [-0.3, -0.25) is 9.48 Å². The highest BCUT2D eigenvalue weighted by molar-refractivity contribution is 14.0. The van der Waals surface area contributed by atoms with E-state index in [-0.39, 0.29) is 35.9 Å². The van der Waals surface area contributed by atoms with Crippen LogP contribution in [0.3, 0.4) is 0 Å². The number of aromatic nitrogens is 3. The van der Waals surface area contributed by atoms with E-state index in [9.17, 15) is 4.79 Å². The lowest BCUT2D eigenvalue weighted by molar-refractivity contribution is -0.149. The standard InChI is InChI=1S/C15H26N6O2.HI/c1-4-16-15(17-10-13-18-11-19-20(13)3)21-8-6-12(7-9-21)14(22)23-5-2;/h11-12H,4-10H2,1-3H3,(H,16,17);1H. The fourth-order valence-electron chi connectivity index (χ4n) is 2.62. The number of aryl methyl sites for hydroxylation is 1. The van der Waals surface area contributed by atoms with Gasteiger partial charge in [-0.05, 0) is 26.7 Å². The third-order valence-corrected chi connectivity index (χ3v) is 3.92. The smallest absolute Gasteiger partial charge is 0.309 e. The summed E-state index contributed by atoms with van der Waals surface area (Å²) in [6.45, 7) is 7.22. The van der Waals surface area contributed by atoms with Crippen molar-refractivity contribution in [3.05, 3.63) is 12.2 Å². The third kappa shape index (κ3) is 5.60. The highest BCUT2D eigenvalue weighted by Gasteiger charge is 2.27. The molecular weight excluding hydrogens is 423 g/mol. The maximum Gasteiger partial charge on any atom is 0.309 e. The van der Waals surface area contributed by atoms with Gasteiger partial charge in [-0.1, -0.05) is 0 Å². The Morgan fingerprint density at radius 1 is 1.42 bits per heavy atom. The van der Waals surface area contributed by atoms with Gasteiger partial charge in [0.2, 0.25) is 0 Å². The molecule has 2 heterocycles. The minimum absolute atomic E-state index is 0. The average molecular weight is 450 g/mol. The molecule has 1 saturated heterocycles.